The molecule has 168 valence electrons. The van der Waals surface area contributed by atoms with E-state index in [0.29, 0.717) is 51.2 Å². The highest BCUT2D eigenvalue weighted by Crippen LogP contribution is 2.20. The molecule has 2 N–H and O–H groups in total. The first-order valence-electron chi connectivity index (χ1n) is 10.1. The first-order valence-corrected chi connectivity index (χ1v) is 10.1. The van der Waals surface area contributed by atoms with E-state index in [-0.39, 0.29) is 29.9 Å². The van der Waals surface area contributed by atoms with E-state index in [1.54, 1.807) is 7.05 Å². The molecule has 2 rings (SSSR count). The van der Waals surface area contributed by atoms with Gasteiger partial charge in [0.15, 0.2) is 11.8 Å². The molecule has 0 radical (unpaired) electrons. The average molecular weight is 531 g/mol. The molecule has 0 unspecified atom stereocenters. The SMILES string of the molecule is CCOCCOc1cc(C)ccc1CNC(=NC)NCCc1nc(C(C)C)no1.I. The van der Waals surface area contributed by atoms with E-state index in [2.05, 4.69) is 44.8 Å². The molecular weight excluding hydrogens is 497 g/mol. The number of aryl methyl sites for hydroxylation is 1. The van der Waals surface area contributed by atoms with Crippen molar-refractivity contribution in [2.75, 3.05) is 33.4 Å². The van der Waals surface area contributed by atoms with E-state index in [0.717, 1.165) is 22.7 Å². The molecule has 0 atom stereocenters. The van der Waals surface area contributed by atoms with E-state index in [4.69, 9.17) is 14.0 Å². The van der Waals surface area contributed by atoms with Crippen LogP contribution in [0.2, 0.25) is 0 Å². The Balaban J connectivity index is 0.00000450. The van der Waals surface area contributed by atoms with Gasteiger partial charge in [-0.25, -0.2) is 0 Å². The van der Waals surface area contributed by atoms with Crippen LogP contribution in [0.15, 0.2) is 27.7 Å². The standard InChI is InChI=1S/C21H33N5O3.HI/c1-6-27-11-12-28-18-13-16(4)7-8-17(18)14-24-21(22-5)23-10-9-19-25-20(15(2)3)26-29-19;/h7-8,13,15H,6,9-12,14H2,1-5H3,(H2,22,23,24);1H. The van der Waals surface area contributed by atoms with Gasteiger partial charge in [0.25, 0.3) is 0 Å². The van der Waals surface area contributed by atoms with Crippen molar-refractivity contribution >= 4 is 29.9 Å². The van der Waals surface area contributed by atoms with Crippen LogP contribution in [-0.4, -0.2) is 49.5 Å². The van der Waals surface area contributed by atoms with Crippen LogP contribution in [0.25, 0.3) is 0 Å². The summed E-state index contributed by atoms with van der Waals surface area (Å²) in [6.07, 6.45) is 0.636. The largest absolute Gasteiger partial charge is 0.491 e. The number of nitrogens with one attached hydrogen (secondary N) is 2. The van der Waals surface area contributed by atoms with E-state index in [1.807, 2.05) is 26.8 Å². The number of halogens is 1. The van der Waals surface area contributed by atoms with Crippen molar-refractivity contribution < 1.29 is 14.0 Å². The molecule has 0 aliphatic rings. The molecule has 30 heavy (non-hydrogen) atoms. The number of hydrogen-bond acceptors (Lipinski definition) is 6. The third-order valence-electron chi connectivity index (χ3n) is 4.21. The maximum absolute atomic E-state index is 5.89. The first-order chi connectivity index (χ1) is 14.0. The van der Waals surface area contributed by atoms with Crippen LogP contribution in [0.4, 0.5) is 0 Å². The summed E-state index contributed by atoms with van der Waals surface area (Å²) >= 11 is 0. The molecule has 1 aromatic heterocycles. The Bertz CT molecular complexity index is 780. The van der Waals surface area contributed by atoms with Crippen LogP contribution in [-0.2, 0) is 17.7 Å². The normalized spacial score (nSPS) is 11.3. The molecule has 8 nitrogen and oxygen atoms in total. The molecular formula is C21H34IN5O3. The van der Waals surface area contributed by atoms with Gasteiger partial charge in [-0.05, 0) is 25.5 Å². The molecule has 0 bridgehead atoms. The van der Waals surface area contributed by atoms with E-state index in [9.17, 15) is 0 Å². The third-order valence-corrected chi connectivity index (χ3v) is 4.21. The van der Waals surface area contributed by atoms with Gasteiger partial charge in [0.2, 0.25) is 5.89 Å². The lowest BCUT2D eigenvalue weighted by Crippen LogP contribution is -2.38. The molecule has 0 saturated heterocycles. The minimum Gasteiger partial charge on any atom is -0.491 e. The number of ether oxygens (including phenoxy) is 2. The highest BCUT2D eigenvalue weighted by Gasteiger charge is 2.10. The zero-order valence-electron chi connectivity index (χ0n) is 18.5. The van der Waals surface area contributed by atoms with E-state index >= 15 is 0 Å². The third kappa shape index (κ3) is 8.86. The predicted octanol–water partition coefficient (Wildman–Crippen LogP) is 3.44. The van der Waals surface area contributed by atoms with Crippen molar-refractivity contribution in [1.29, 1.82) is 0 Å². The Morgan fingerprint density at radius 2 is 2.03 bits per heavy atom. The molecule has 0 amide bonds. The number of guanidine groups is 1. The first kappa shape index (κ1) is 26.2. The minimum atomic E-state index is 0. The lowest BCUT2D eigenvalue weighted by atomic mass is 10.1. The molecule has 0 saturated carbocycles. The van der Waals surface area contributed by atoms with Gasteiger partial charge < -0.3 is 24.6 Å². The fourth-order valence-corrected chi connectivity index (χ4v) is 2.59. The van der Waals surface area contributed by atoms with Gasteiger partial charge in [-0.2, -0.15) is 4.98 Å². The number of aliphatic imine (C=N–C) groups is 1. The van der Waals surface area contributed by atoms with Crippen molar-refractivity contribution in [1.82, 2.24) is 20.8 Å². The van der Waals surface area contributed by atoms with Crippen LogP contribution >= 0.6 is 24.0 Å². The van der Waals surface area contributed by atoms with Crippen molar-refractivity contribution in [3.05, 3.63) is 41.0 Å². The summed E-state index contributed by atoms with van der Waals surface area (Å²) in [5.74, 6) is 3.18. The Morgan fingerprint density at radius 1 is 1.23 bits per heavy atom. The molecule has 1 aromatic carbocycles. The summed E-state index contributed by atoms with van der Waals surface area (Å²) < 4.78 is 16.5. The molecule has 0 aliphatic carbocycles. The van der Waals surface area contributed by atoms with Gasteiger partial charge in [0.1, 0.15) is 12.4 Å². The lowest BCUT2D eigenvalue weighted by molar-refractivity contribution is 0.110. The molecule has 1 heterocycles. The molecule has 0 aliphatic heterocycles. The number of hydrogen-bond donors (Lipinski definition) is 2. The fraction of sp³-hybridized carbons (Fsp3) is 0.571. The summed E-state index contributed by atoms with van der Waals surface area (Å²) in [6, 6.07) is 6.18. The average Bonchev–Trinajstić information content (AvgIpc) is 3.18. The van der Waals surface area contributed by atoms with Crippen LogP contribution in [0.5, 0.6) is 5.75 Å². The molecule has 9 heteroatoms. The highest BCUT2D eigenvalue weighted by atomic mass is 127. The number of rotatable bonds is 11. The van der Waals surface area contributed by atoms with E-state index < -0.39 is 0 Å². The Morgan fingerprint density at radius 3 is 2.70 bits per heavy atom. The van der Waals surface area contributed by atoms with Gasteiger partial charge in [-0.3, -0.25) is 4.99 Å². The van der Waals surface area contributed by atoms with Crippen LogP contribution in [0.1, 0.15) is 49.5 Å². The second kappa shape index (κ2) is 14.2. The predicted molar refractivity (Wildman–Crippen MR) is 129 cm³/mol. The zero-order chi connectivity index (χ0) is 21.1. The van der Waals surface area contributed by atoms with Crippen LogP contribution < -0.4 is 15.4 Å². The number of benzene rings is 1. The Hall–Kier alpha value is -1.88. The summed E-state index contributed by atoms with van der Waals surface area (Å²) in [6.45, 7) is 11.1. The van der Waals surface area contributed by atoms with E-state index in [1.165, 1.54) is 0 Å². The Kier molecular flexibility index (Phi) is 12.4. The lowest BCUT2D eigenvalue weighted by Gasteiger charge is -2.15. The zero-order valence-corrected chi connectivity index (χ0v) is 20.9. The van der Waals surface area contributed by atoms with Gasteiger partial charge in [0.05, 0.1) is 6.61 Å². The van der Waals surface area contributed by atoms with Gasteiger partial charge in [-0.15, -0.1) is 24.0 Å². The van der Waals surface area contributed by atoms with Crippen LogP contribution in [0, 0.1) is 6.92 Å². The van der Waals surface area contributed by atoms with Crippen molar-refractivity contribution in [3.63, 3.8) is 0 Å². The van der Waals surface area contributed by atoms with Gasteiger partial charge >= 0.3 is 0 Å². The molecule has 0 fully saturated rings. The van der Waals surface area contributed by atoms with Gasteiger partial charge in [0, 0.05) is 44.6 Å². The maximum atomic E-state index is 5.89. The van der Waals surface area contributed by atoms with Crippen molar-refractivity contribution in [2.45, 2.75) is 46.6 Å². The number of nitrogens with zero attached hydrogens (tertiary/aromatic N) is 3. The summed E-state index contributed by atoms with van der Waals surface area (Å²) in [5, 5.41) is 10.6. The second-order valence-electron chi connectivity index (χ2n) is 6.96. The summed E-state index contributed by atoms with van der Waals surface area (Å²) in [4.78, 5) is 8.65. The quantitative estimate of drug-likeness (QED) is 0.199. The topological polar surface area (TPSA) is 93.8 Å². The molecule has 0 spiro atoms. The summed E-state index contributed by atoms with van der Waals surface area (Å²) in [5.41, 5.74) is 2.22. The summed E-state index contributed by atoms with van der Waals surface area (Å²) in [7, 11) is 1.74. The van der Waals surface area contributed by atoms with Crippen LogP contribution in [0.3, 0.4) is 0 Å². The highest BCUT2D eigenvalue weighted by molar-refractivity contribution is 14.0. The second-order valence-corrected chi connectivity index (χ2v) is 6.96. The Labute approximate surface area is 196 Å². The monoisotopic (exact) mass is 531 g/mol. The minimum absolute atomic E-state index is 0. The van der Waals surface area contributed by atoms with Crippen molar-refractivity contribution in [2.24, 2.45) is 4.99 Å². The van der Waals surface area contributed by atoms with Gasteiger partial charge in [-0.1, -0.05) is 31.1 Å². The maximum Gasteiger partial charge on any atom is 0.228 e. The smallest absolute Gasteiger partial charge is 0.228 e. The van der Waals surface area contributed by atoms with Crippen molar-refractivity contribution in [3.8, 4) is 5.75 Å². The molecule has 2 aromatic rings. The fourth-order valence-electron chi connectivity index (χ4n) is 2.59. The number of aromatic nitrogens is 2.